The fourth-order valence-corrected chi connectivity index (χ4v) is 2.57. The van der Waals surface area contributed by atoms with Gasteiger partial charge in [-0.1, -0.05) is 24.2 Å². The molecule has 1 amide bonds. The van der Waals surface area contributed by atoms with Gasteiger partial charge in [0.1, 0.15) is 0 Å². The molecule has 1 saturated carbocycles. The van der Waals surface area contributed by atoms with E-state index < -0.39 is 0 Å². The molecule has 0 aromatic carbocycles. The van der Waals surface area contributed by atoms with Crippen molar-refractivity contribution in [1.29, 1.82) is 0 Å². The number of aromatic nitrogens is 2. The Morgan fingerprint density at radius 2 is 2.20 bits per heavy atom. The van der Waals surface area contributed by atoms with Crippen LogP contribution in [0.3, 0.4) is 0 Å². The molecule has 2 rings (SSSR count). The van der Waals surface area contributed by atoms with Crippen molar-refractivity contribution in [3.63, 3.8) is 0 Å². The highest BCUT2D eigenvalue weighted by atomic mass is 35.5. The molecule has 1 aromatic heterocycles. The molecular weight excluding hydrogens is 234 g/mol. The summed E-state index contributed by atoms with van der Waals surface area (Å²) in [6.07, 6.45) is 5.00. The van der Waals surface area contributed by atoms with Crippen LogP contribution in [0, 0.1) is 5.92 Å². The van der Waals surface area contributed by atoms with Crippen molar-refractivity contribution in [3.8, 4) is 0 Å². The van der Waals surface area contributed by atoms with E-state index >= 15 is 0 Å². The van der Waals surface area contributed by atoms with Gasteiger partial charge in [0.15, 0.2) is 0 Å². The van der Waals surface area contributed by atoms with Gasteiger partial charge in [-0.2, -0.15) is 0 Å². The van der Waals surface area contributed by atoms with Gasteiger partial charge in [0.25, 0.3) is 5.91 Å². The predicted octanol–water partition coefficient (Wildman–Crippen LogP) is 2.11. The molecule has 0 atom stereocenters. The van der Waals surface area contributed by atoms with E-state index in [1.807, 2.05) is 0 Å². The Bertz CT molecular complexity index is 349. The first kappa shape index (κ1) is 10.8. The second kappa shape index (κ2) is 4.90. The molecule has 0 unspecified atom stereocenters. The average molecular weight is 246 g/mol. The molecule has 4 nitrogen and oxygen atoms in total. The zero-order valence-corrected chi connectivity index (χ0v) is 9.77. The van der Waals surface area contributed by atoms with Crippen LogP contribution in [-0.2, 0) is 0 Å². The monoisotopic (exact) mass is 245 g/mol. The second-order valence-electron chi connectivity index (χ2n) is 3.72. The molecular formula is C9H12ClN3OS. The Morgan fingerprint density at radius 1 is 1.47 bits per heavy atom. The van der Waals surface area contributed by atoms with Crippen molar-refractivity contribution in [2.75, 3.05) is 6.54 Å². The van der Waals surface area contributed by atoms with E-state index in [1.165, 1.54) is 25.7 Å². The van der Waals surface area contributed by atoms with Crippen molar-refractivity contribution < 1.29 is 4.79 Å². The number of hydrogen-bond donors (Lipinski definition) is 1. The molecule has 6 heteroatoms. The van der Waals surface area contributed by atoms with E-state index in [-0.39, 0.29) is 5.91 Å². The zero-order chi connectivity index (χ0) is 10.7. The Labute approximate surface area is 97.0 Å². The summed E-state index contributed by atoms with van der Waals surface area (Å²) in [6, 6.07) is 0. The highest BCUT2D eigenvalue weighted by Crippen LogP contribution is 2.23. The van der Waals surface area contributed by atoms with Gasteiger partial charge in [0.05, 0.1) is 0 Å². The maximum Gasteiger partial charge on any atom is 0.282 e. The third-order valence-corrected chi connectivity index (χ3v) is 3.64. The first-order valence-electron chi connectivity index (χ1n) is 5.03. The number of nitrogens with one attached hydrogen (secondary N) is 1. The fraction of sp³-hybridized carbons (Fsp3) is 0.667. The number of carbonyl (C=O) groups is 1. The normalized spacial score (nSPS) is 16.9. The van der Waals surface area contributed by atoms with Gasteiger partial charge in [-0.3, -0.25) is 4.79 Å². The van der Waals surface area contributed by atoms with Gasteiger partial charge in [0.2, 0.25) is 9.47 Å². The maximum absolute atomic E-state index is 11.6. The van der Waals surface area contributed by atoms with Gasteiger partial charge in [0, 0.05) is 6.54 Å². The second-order valence-corrected chi connectivity index (χ2v) is 5.28. The molecule has 1 heterocycles. The molecule has 1 N–H and O–H groups in total. The van der Waals surface area contributed by atoms with Gasteiger partial charge in [-0.25, -0.2) is 0 Å². The first-order chi connectivity index (χ1) is 7.25. The lowest BCUT2D eigenvalue weighted by molar-refractivity contribution is 0.0946. The third kappa shape index (κ3) is 2.89. The Morgan fingerprint density at radius 3 is 2.80 bits per heavy atom. The summed E-state index contributed by atoms with van der Waals surface area (Å²) >= 11 is 6.71. The van der Waals surface area contributed by atoms with Crippen molar-refractivity contribution >= 4 is 28.8 Å². The lowest BCUT2D eigenvalue weighted by atomic mass is 10.1. The zero-order valence-electron chi connectivity index (χ0n) is 8.20. The van der Waals surface area contributed by atoms with E-state index in [0.717, 1.165) is 17.9 Å². The van der Waals surface area contributed by atoms with E-state index in [4.69, 9.17) is 11.6 Å². The molecule has 0 spiro atoms. The molecule has 15 heavy (non-hydrogen) atoms. The third-order valence-electron chi connectivity index (χ3n) is 2.62. The molecule has 0 radical (unpaired) electrons. The van der Waals surface area contributed by atoms with Gasteiger partial charge >= 0.3 is 0 Å². The van der Waals surface area contributed by atoms with Crippen molar-refractivity contribution in [3.05, 3.63) is 9.47 Å². The minimum atomic E-state index is -0.161. The molecule has 1 aliphatic carbocycles. The number of hydrogen-bond acceptors (Lipinski definition) is 4. The summed E-state index contributed by atoms with van der Waals surface area (Å²) < 4.78 is 0.306. The van der Waals surface area contributed by atoms with E-state index in [9.17, 15) is 4.79 Å². The standard InChI is InChI=1S/C9H12ClN3OS/c10-9-13-12-8(15-9)7(14)11-5-6-3-1-2-4-6/h6H,1-5H2,(H,11,14). The number of carbonyl (C=O) groups excluding carboxylic acids is 1. The first-order valence-corrected chi connectivity index (χ1v) is 6.22. The summed E-state index contributed by atoms with van der Waals surface area (Å²) in [4.78, 5) is 11.6. The molecule has 0 saturated heterocycles. The van der Waals surface area contributed by atoms with E-state index in [1.54, 1.807) is 0 Å². The summed E-state index contributed by atoms with van der Waals surface area (Å²) in [6.45, 7) is 0.746. The number of amides is 1. The van der Waals surface area contributed by atoms with Crippen LogP contribution in [0.15, 0.2) is 0 Å². The quantitative estimate of drug-likeness (QED) is 0.888. The van der Waals surface area contributed by atoms with Crippen LogP contribution in [0.25, 0.3) is 0 Å². The molecule has 82 valence electrons. The Balaban J connectivity index is 1.81. The highest BCUT2D eigenvalue weighted by Gasteiger charge is 2.17. The number of halogens is 1. The smallest absolute Gasteiger partial charge is 0.282 e. The van der Waals surface area contributed by atoms with Crippen LogP contribution in [0.2, 0.25) is 4.47 Å². The maximum atomic E-state index is 11.6. The van der Waals surface area contributed by atoms with Crippen LogP contribution >= 0.6 is 22.9 Å². The average Bonchev–Trinajstić information content (AvgIpc) is 2.84. The fourth-order valence-electron chi connectivity index (χ4n) is 1.82. The van der Waals surface area contributed by atoms with Crippen LogP contribution < -0.4 is 5.32 Å². The van der Waals surface area contributed by atoms with Crippen LogP contribution in [0.1, 0.15) is 35.5 Å². The topological polar surface area (TPSA) is 54.9 Å². The van der Waals surface area contributed by atoms with Gasteiger partial charge in [-0.15, -0.1) is 10.2 Å². The molecule has 1 fully saturated rings. The van der Waals surface area contributed by atoms with Crippen LogP contribution in [0.5, 0.6) is 0 Å². The number of nitrogens with zero attached hydrogens (tertiary/aromatic N) is 2. The number of rotatable bonds is 3. The largest absolute Gasteiger partial charge is 0.350 e. The Hall–Kier alpha value is -0.680. The summed E-state index contributed by atoms with van der Waals surface area (Å²) in [5.74, 6) is 0.476. The highest BCUT2D eigenvalue weighted by molar-refractivity contribution is 7.17. The predicted molar refractivity (Wildman–Crippen MR) is 59.2 cm³/mol. The molecule has 0 aliphatic heterocycles. The van der Waals surface area contributed by atoms with Crippen LogP contribution in [0.4, 0.5) is 0 Å². The van der Waals surface area contributed by atoms with Crippen LogP contribution in [-0.4, -0.2) is 22.6 Å². The minimum absolute atomic E-state index is 0.161. The van der Waals surface area contributed by atoms with Crippen molar-refractivity contribution in [2.24, 2.45) is 5.92 Å². The van der Waals surface area contributed by atoms with Gasteiger partial charge in [-0.05, 0) is 30.4 Å². The minimum Gasteiger partial charge on any atom is -0.350 e. The SMILES string of the molecule is O=C(NCC1CCCC1)c1nnc(Cl)s1. The van der Waals surface area contributed by atoms with E-state index in [2.05, 4.69) is 15.5 Å². The van der Waals surface area contributed by atoms with Crippen molar-refractivity contribution in [1.82, 2.24) is 15.5 Å². The molecule has 1 aliphatic rings. The Kier molecular flexibility index (Phi) is 3.53. The molecule has 1 aromatic rings. The summed E-state index contributed by atoms with van der Waals surface area (Å²) in [7, 11) is 0. The lowest BCUT2D eigenvalue weighted by Crippen LogP contribution is -2.28. The lowest BCUT2D eigenvalue weighted by Gasteiger charge is -2.08. The van der Waals surface area contributed by atoms with E-state index in [0.29, 0.717) is 15.4 Å². The van der Waals surface area contributed by atoms with Gasteiger partial charge < -0.3 is 5.32 Å². The summed E-state index contributed by atoms with van der Waals surface area (Å²) in [5.41, 5.74) is 0. The molecule has 0 bridgehead atoms. The van der Waals surface area contributed by atoms with Crippen molar-refractivity contribution in [2.45, 2.75) is 25.7 Å². The summed E-state index contributed by atoms with van der Waals surface area (Å²) in [5, 5.41) is 10.5.